The number of hydrogen-bond donors (Lipinski definition) is 1. The quantitative estimate of drug-likeness (QED) is 0.718. The standard InChI is InChI=1S/C11H16N2S/c1-6-7(2)12-9(13-10(6)14)8-5-11(8,3)4/h8H,5H2,1-4H3,(H,12,13,14). The third kappa shape index (κ3) is 1.50. The monoisotopic (exact) mass is 208 g/mol. The molecule has 2 rings (SSSR count). The summed E-state index contributed by atoms with van der Waals surface area (Å²) in [6, 6.07) is 0. The molecule has 1 N–H and O–H groups in total. The van der Waals surface area contributed by atoms with E-state index in [-0.39, 0.29) is 0 Å². The SMILES string of the molecule is Cc1[nH]c(C2CC2(C)C)nc(=S)c1C. The highest BCUT2D eigenvalue weighted by molar-refractivity contribution is 7.71. The van der Waals surface area contributed by atoms with E-state index in [2.05, 4.69) is 30.7 Å². The summed E-state index contributed by atoms with van der Waals surface area (Å²) in [4.78, 5) is 7.81. The van der Waals surface area contributed by atoms with Gasteiger partial charge in [0.15, 0.2) is 0 Å². The Morgan fingerprint density at radius 1 is 1.43 bits per heavy atom. The highest BCUT2D eigenvalue weighted by Gasteiger charge is 2.48. The molecular weight excluding hydrogens is 192 g/mol. The Bertz CT molecular complexity index is 431. The lowest BCUT2D eigenvalue weighted by Crippen LogP contribution is -2.01. The van der Waals surface area contributed by atoms with Crippen molar-refractivity contribution >= 4 is 12.2 Å². The van der Waals surface area contributed by atoms with Crippen molar-refractivity contribution in [1.82, 2.24) is 9.97 Å². The zero-order valence-electron chi connectivity index (χ0n) is 9.14. The molecule has 1 saturated carbocycles. The highest BCUT2D eigenvalue weighted by Crippen LogP contribution is 2.57. The zero-order valence-corrected chi connectivity index (χ0v) is 9.96. The van der Waals surface area contributed by atoms with Crippen molar-refractivity contribution in [2.24, 2.45) is 5.41 Å². The number of nitrogens with zero attached hydrogens (tertiary/aromatic N) is 1. The van der Waals surface area contributed by atoms with Crippen LogP contribution in [0.2, 0.25) is 0 Å². The molecule has 3 heteroatoms. The lowest BCUT2D eigenvalue weighted by atomic mass is 10.1. The topological polar surface area (TPSA) is 28.7 Å². The normalized spacial score (nSPS) is 23.6. The van der Waals surface area contributed by atoms with E-state index in [1.165, 1.54) is 6.42 Å². The predicted molar refractivity (Wildman–Crippen MR) is 60.0 cm³/mol. The predicted octanol–water partition coefficient (Wildman–Crippen LogP) is 3.27. The van der Waals surface area contributed by atoms with Crippen LogP contribution < -0.4 is 0 Å². The molecule has 1 aromatic heterocycles. The first-order chi connectivity index (χ1) is 6.42. The number of aryl methyl sites for hydroxylation is 1. The van der Waals surface area contributed by atoms with Gasteiger partial charge in [-0.2, -0.15) is 0 Å². The summed E-state index contributed by atoms with van der Waals surface area (Å²) < 4.78 is 0.749. The molecule has 0 radical (unpaired) electrons. The van der Waals surface area contributed by atoms with E-state index in [4.69, 9.17) is 12.2 Å². The number of rotatable bonds is 1. The van der Waals surface area contributed by atoms with Crippen molar-refractivity contribution in [1.29, 1.82) is 0 Å². The molecule has 0 amide bonds. The van der Waals surface area contributed by atoms with E-state index in [0.717, 1.165) is 21.7 Å². The smallest absolute Gasteiger partial charge is 0.132 e. The maximum Gasteiger partial charge on any atom is 0.132 e. The first-order valence-corrected chi connectivity index (χ1v) is 5.40. The number of aromatic nitrogens is 2. The van der Waals surface area contributed by atoms with Crippen molar-refractivity contribution in [2.45, 2.75) is 40.0 Å². The second-order valence-corrected chi connectivity index (χ2v) is 5.31. The van der Waals surface area contributed by atoms with Crippen molar-refractivity contribution in [3.05, 3.63) is 21.7 Å². The van der Waals surface area contributed by atoms with E-state index >= 15 is 0 Å². The summed E-state index contributed by atoms with van der Waals surface area (Å²) >= 11 is 5.22. The Morgan fingerprint density at radius 2 is 2.00 bits per heavy atom. The summed E-state index contributed by atoms with van der Waals surface area (Å²) in [6.07, 6.45) is 1.22. The molecule has 0 spiro atoms. The van der Waals surface area contributed by atoms with Gasteiger partial charge in [-0.15, -0.1) is 0 Å². The van der Waals surface area contributed by atoms with Gasteiger partial charge in [0.25, 0.3) is 0 Å². The van der Waals surface area contributed by atoms with Crippen molar-refractivity contribution in [2.75, 3.05) is 0 Å². The molecule has 1 aromatic rings. The lowest BCUT2D eigenvalue weighted by molar-refractivity contribution is 0.606. The van der Waals surface area contributed by atoms with Gasteiger partial charge in [-0.25, -0.2) is 4.98 Å². The Morgan fingerprint density at radius 3 is 2.43 bits per heavy atom. The van der Waals surface area contributed by atoms with Gasteiger partial charge in [0, 0.05) is 17.2 Å². The molecule has 14 heavy (non-hydrogen) atoms. The van der Waals surface area contributed by atoms with Crippen LogP contribution in [0, 0.1) is 23.9 Å². The minimum absolute atomic E-state index is 0.410. The molecule has 76 valence electrons. The third-order valence-corrected chi connectivity index (χ3v) is 3.66. The molecular formula is C11H16N2S. The van der Waals surface area contributed by atoms with Crippen LogP contribution in [-0.2, 0) is 0 Å². The van der Waals surface area contributed by atoms with Crippen molar-refractivity contribution < 1.29 is 0 Å². The Hall–Kier alpha value is -0.700. The van der Waals surface area contributed by atoms with Gasteiger partial charge in [-0.1, -0.05) is 26.1 Å². The Kier molecular flexibility index (Phi) is 2.03. The molecule has 1 aliphatic rings. The van der Waals surface area contributed by atoms with E-state index in [1.54, 1.807) is 0 Å². The second kappa shape index (κ2) is 2.89. The van der Waals surface area contributed by atoms with Crippen LogP contribution in [0.1, 0.15) is 43.3 Å². The van der Waals surface area contributed by atoms with Crippen LogP contribution in [-0.4, -0.2) is 9.97 Å². The minimum Gasteiger partial charge on any atom is -0.347 e. The van der Waals surface area contributed by atoms with Gasteiger partial charge in [-0.3, -0.25) is 0 Å². The lowest BCUT2D eigenvalue weighted by Gasteiger charge is -2.06. The Balaban J connectivity index is 2.43. The average molecular weight is 208 g/mol. The first kappa shape index (κ1) is 9.84. The maximum absolute atomic E-state index is 5.22. The number of aromatic amines is 1. The Labute approximate surface area is 89.8 Å². The number of nitrogens with one attached hydrogen (secondary N) is 1. The summed E-state index contributed by atoms with van der Waals surface area (Å²) in [6.45, 7) is 8.62. The summed E-state index contributed by atoms with van der Waals surface area (Å²) in [5.41, 5.74) is 2.66. The van der Waals surface area contributed by atoms with Crippen LogP contribution in [0.15, 0.2) is 0 Å². The third-order valence-electron chi connectivity index (χ3n) is 3.26. The van der Waals surface area contributed by atoms with Crippen LogP contribution in [0.5, 0.6) is 0 Å². The minimum atomic E-state index is 0.410. The largest absolute Gasteiger partial charge is 0.347 e. The molecule has 1 heterocycles. The molecule has 1 fully saturated rings. The highest BCUT2D eigenvalue weighted by atomic mass is 32.1. The summed E-state index contributed by atoms with van der Waals surface area (Å²) in [7, 11) is 0. The van der Waals surface area contributed by atoms with Gasteiger partial charge < -0.3 is 4.98 Å². The van der Waals surface area contributed by atoms with Gasteiger partial charge in [0.1, 0.15) is 10.5 Å². The van der Waals surface area contributed by atoms with E-state index < -0.39 is 0 Å². The van der Waals surface area contributed by atoms with Crippen LogP contribution in [0.4, 0.5) is 0 Å². The molecule has 1 aliphatic carbocycles. The fourth-order valence-electron chi connectivity index (χ4n) is 1.77. The van der Waals surface area contributed by atoms with E-state index in [1.807, 2.05) is 6.92 Å². The van der Waals surface area contributed by atoms with E-state index in [9.17, 15) is 0 Å². The fourth-order valence-corrected chi connectivity index (χ4v) is 2.02. The molecule has 1 atom stereocenters. The van der Waals surface area contributed by atoms with Gasteiger partial charge in [0.05, 0.1) is 0 Å². The van der Waals surface area contributed by atoms with E-state index in [0.29, 0.717) is 11.3 Å². The van der Waals surface area contributed by atoms with Crippen molar-refractivity contribution in [3.8, 4) is 0 Å². The molecule has 0 bridgehead atoms. The average Bonchev–Trinajstić information content (AvgIpc) is 2.70. The van der Waals surface area contributed by atoms with Gasteiger partial charge in [-0.05, 0) is 25.7 Å². The first-order valence-electron chi connectivity index (χ1n) is 4.99. The fraction of sp³-hybridized carbons (Fsp3) is 0.636. The number of H-pyrrole nitrogens is 1. The van der Waals surface area contributed by atoms with Gasteiger partial charge >= 0.3 is 0 Å². The number of hydrogen-bond acceptors (Lipinski definition) is 2. The summed E-state index contributed by atoms with van der Waals surface area (Å²) in [5, 5.41) is 0. The van der Waals surface area contributed by atoms with Gasteiger partial charge in [0.2, 0.25) is 0 Å². The molecule has 0 saturated heterocycles. The zero-order chi connectivity index (χ0) is 10.5. The molecule has 0 aliphatic heterocycles. The van der Waals surface area contributed by atoms with Crippen molar-refractivity contribution in [3.63, 3.8) is 0 Å². The van der Waals surface area contributed by atoms with Crippen LogP contribution in [0.25, 0.3) is 0 Å². The van der Waals surface area contributed by atoms with Crippen LogP contribution in [0.3, 0.4) is 0 Å². The molecule has 0 aromatic carbocycles. The molecule has 2 nitrogen and oxygen atoms in total. The molecule has 1 unspecified atom stereocenters. The summed E-state index contributed by atoms with van der Waals surface area (Å²) in [5.74, 6) is 1.65. The maximum atomic E-state index is 5.22. The second-order valence-electron chi connectivity index (χ2n) is 4.92. The van der Waals surface area contributed by atoms with Crippen LogP contribution >= 0.6 is 12.2 Å².